The van der Waals surface area contributed by atoms with Gasteiger partial charge >= 0.3 is 0 Å². The zero-order chi connectivity index (χ0) is 17.2. The molecule has 0 unspecified atom stereocenters. The second-order valence-electron chi connectivity index (χ2n) is 6.01. The van der Waals surface area contributed by atoms with E-state index in [1.807, 2.05) is 61.5 Å². The molecule has 0 atom stereocenters. The van der Waals surface area contributed by atoms with Gasteiger partial charge in [0, 0.05) is 0 Å². The van der Waals surface area contributed by atoms with Gasteiger partial charge in [-0.1, -0.05) is 68.1 Å². The Kier molecular flexibility index (Phi) is 7.11. The molecule has 2 aromatic rings. The predicted octanol–water partition coefficient (Wildman–Crippen LogP) is 6.02. The molecule has 0 saturated carbocycles. The monoisotopic (exact) mass is 319 g/mol. The van der Waals surface area contributed by atoms with Crippen LogP contribution in [-0.4, -0.2) is 6.61 Å². The average Bonchev–Trinajstić information content (AvgIpc) is 2.61. The molecule has 0 saturated heterocycles. The standard InChI is InChI=1S/C22H25NO/c1-3-4-5-6-15-24-22-13-9-19(10-14-22)16-21(17-23)20-11-7-18(2)8-12-20/h7-14,16H,3-6,15H2,1-2H3. The van der Waals surface area contributed by atoms with E-state index in [1.165, 1.54) is 24.8 Å². The molecule has 0 heterocycles. The lowest BCUT2D eigenvalue weighted by atomic mass is 10.0. The van der Waals surface area contributed by atoms with E-state index in [0.717, 1.165) is 29.9 Å². The van der Waals surface area contributed by atoms with Crippen LogP contribution in [0.4, 0.5) is 0 Å². The van der Waals surface area contributed by atoms with Crippen LogP contribution < -0.4 is 4.74 Å². The highest BCUT2D eigenvalue weighted by molar-refractivity contribution is 5.89. The Morgan fingerprint density at radius 2 is 1.71 bits per heavy atom. The summed E-state index contributed by atoms with van der Waals surface area (Å²) in [6, 6.07) is 18.2. The van der Waals surface area contributed by atoms with Gasteiger partial charge in [0.05, 0.1) is 18.2 Å². The molecule has 0 aliphatic rings. The molecule has 0 amide bonds. The zero-order valence-corrected chi connectivity index (χ0v) is 14.6. The van der Waals surface area contributed by atoms with Gasteiger partial charge in [0.1, 0.15) is 5.75 Å². The summed E-state index contributed by atoms with van der Waals surface area (Å²) in [7, 11) is 0. The second-order valence-corrected chi connectivity index (χ2v) is 6.01. The van der Waals surface area contributed by atoms with Gasteiger partial charge < -0.3 is 4.74 Å². The number of benzene rings is 2. The Labute approximate surface area is 145 Å². The Hall–Kier alpha value is -2.53. The SMILES string of the molecule is CCCCCCOc1ccc(C=C(C#N)c2ccc(C)cc2)cc1. The average molecular weight is 319 g/mol. The van der Waals surface area contributed by atoms with Gasteiger partial charge in [0.2, 0.25) is 0 Å². The van der Waals surface area contributed by atoms with Crippen LogP contribution in [0.5, 0.6) is 5.75 Å². The van der Waals surface area contributed by atoms with Crippen molar-refractivity contribution < 1.29 is 4.74 Å². The molecule has 2 rings (SSSR count). The number of nitrogens with zero attached hydrogens (tertiary/aromatic N) is 1. The van der Waals surface area contributed by atoms with Gasteiger partial charge in [-0.3, -0.25) is 0 Å². The maximum atomic E-state index is 9.41. The van der Waals surface area contributed by atoms with Crippen LogP contribution in [0.1, 0.15) is 49.3 Å². The molecule has 0 aliphatic heterocycles. The van der Waals surface area contributed by atoms with Gasteiger partial charge in [-0.05, 0) is 42.7 Å². The van der Waals surface area contributed by atoms with Crippen LogP contribution in [0.2, 0.25) is 0 Å². The van der Waals surface area contributed by atoms with E-state index in [4.69, 9.17) is 4.74 Å². The summed E-state index contributed by atoms with van der Waals surface area (Å²) in [6.45, 7) is 5.02. The summed E-state index contributed by atoms with van der Waals surface area (Å²) >= 11 is 0. The molecule has 0 aliphatic carbocycles. The van der Waals surface area contributed by atoms with Crippen molar-refractivity contribution in [3.05, 3.63) is 65.2 Å². The smallest absolute Gasteiger partial charge is 0.119 e. The van der Waals surface area contributed by atoms with E-state index in [2.05, 4.69) is 13.0 Å². The summed E-state index contributed by atoms with van der Waals surface area (Å²) in [5, 5.41) is 9.41. The predicted molar refractivity (Wildman–Crippen MR) is 101 cm³/mol. The van der Waals surface area contributed by atoms with Crippen molar-refractivity contribution in [1.29, 1.82) is 5.26 Å². The van der Waals surface area contributed by atoms with E-state index in [-0.39, 0.29) is 0 Å². The molecule has 0 radical (unpaired) electrons. The number of hydrogen-bond acceptors (Lipinski definition) is 2. The van der Waals surface area contributed by atoms with Gasteiger partial charge in [-0.2, -0.15) is 5.26 Å². The van der Waals surface area contributed by atoms with E-state index in [0.29, 0.717) is 5.57 Å². The summed E-state index contributed by atoms with van der Waals surface area (Å²) in [6.07, 6.45) is 6.74. The van der Waals surface area contributed by atoms with Crippen molar-refractivity contribution in [2.24, 2.45) is 0 Å². The minimum atomic E-state index is 0.670. The number of allylic oxidation sites excluding steroid dienone is 1. The van der Waals surface area contributed by atoms with Crippen molar-refractivity contribution in [3.63, 3.8) is 0 Å². The first kappa shape index (κ1) is 17.8. The number of rotatable bonds is 8. The third-order valence-electron chi connectivity index (χ3n) is 3.94. The lowest BCUT2D eigenvalue weighted by molar-refractivity contribution is 0.305. The Balaban J connectivity index is 1.99. The first-order valence-corrected chi connectivity index (χ1v) is 8.64. The zero-order valence-electron chi connectivity index (χ0n) is 14.6. The third-order valence-corrected chi connectivity index (χ3v) is 3.94. The molecule has 124 valence electrons. The largest absolute Gasteiger partial charge is 0.494 e. The molecule has 0 spiro atoms. The molecule has 0 N–H and O–H groups in total. The molecule has 2 aromatic carbocycles. The Morgan fingerprint density at radius 1 is 1.00 bits per heavy atom. The maximum absolute atomic E-state index is 9.41. The molecule has 0 aromatic heterocycles. The molecule has 2 nitrogen and oxygen atoms in total. The van der Waals surface area contributed by atoms with Crippen LogP contribution in [0.25, 0.3) is 11.6 Å². The van der Waals surface area contributed by atoms with E-state index < -0.39 is 0 Å². The first-order valence-electron chi connectivity index (χ1n) is 8.64. The lowest BCUT2D eigenvalue weighted by Gasteiger charge is -2.06. The molecule has 0 fully saturated rings. The summed E-state index contributed by atoms with van der Waals surface area (Å²) in [4.78, 5) is 0. The van der Waals surface area contributed by atoms with Crippen LogP contribution in [-0.2, 0) is 0 Å². The number of ether oxygens (including phenoxy) is 1. The van der Waals surface area contributed by atoms with E-state index in [1.54, 1.807) is 0 Å². The van der Waals surface area contributed by atoms with Crippen LogP contribution in [0.3, 0.4) is 0 Å². The first-order chi connectivity index (χ1) is 11.7. The van der Waals surface area contributed by atoms with Crippen LogP contribution in [0, 0.1) is 18.3 Å². The Bertz CT molecular complexity index is 690. The normalized spacial score (nSPS) is 11.1. The highest BCUT2D eigenvalue weighted by Gasteiger charge is 2.01. The van der Waals surface area contributed by atoms with Crippen molar-refractivity contribution >= 4 is 11.6 Å². The lowest BCUT2D eigenvalue weighted by Crippen LogP contribution is -1.96. The van der Waals surface area contributed by atoms with E-state index in [9.17, 15) is 5.26 Å². The topological polar surface area (TPSA) is 33.0 Å². The Morgan fingerprint density at radius 3 is 2.33 bits per heavy atom. The fourth-order valence-corrected chi connectivity index (χ4v) is 2.46. The number of unbranched alkanes of at least 4 members (excludes halogenated alkanes) is 3. The molecular weight excluding hydrogens is 294 g/mol. The number of aryl methyl sites for hydroxylation is 1. The number of hydrogen-bond donors (Lipinski definition) is 0. The third kappa shape index (κ3) is 5.59. The number of nitriles is 1. The van der Waals surface area contributed by atoms with Crippen LogP contribution >= 0.6 is 0 Å². The summed E-state index contributed by atoms with van der Waals surface area (Å²) < 4.78 is 5.75. The van der Waals surface area contributed by atoms with Gasteiger partial charge in [0.25, 0.3) is 0 Å². The molecule has 24 heavy (non-hydrogen) atoms. The van der Waals surface area contributed by atoms with Crippen LogP contribution in [0.15, 0.2) is 48.5 Å². The van der Waals surface area contributed by atoms with Crippen molar-refractivity contribution in [2.45, 2.75) is 39.5 Å². The summed E-state index contributed by atoms with van der Waals surface area (Å²) in [5.74, 6) is 0.887. The fourth-order valence-electron chi connectivity index (χ4n) is 2.46. The quantitative estimate of drug-likeness (QED) is 0.339. The minimum absolute atomic E-state index is 0.670. The highest BCUT2D eigenvalue weighted by atomic mass is 16.5. The molecular formula is C22H25NO. The van der Waals surface area contributed by atoms with Gasteiger partial charge in [0.15, 0.2) is 0 Å². The van der Waals surface area contributed by atoms with Gasteiger partial charge in [-0.25, -0.2) is 0 Å². The van der Waals surface area contributed by atoms with Gasteiger partial charge in [-0.15, -0.1) is 0 Å². The minimum Gasteiger partial charge on any atom is -0.494 e. The summed E-state index contributed by atoms with van der Waals surface area (Å²) in [5.41, 5.74) is 3.81. The van der Waals surface area contributed by atoms with Crippen molar-refractivity contribution in [2.75, 3.05) is 6.61 Å². The second kappa shape index (κ2) is 9.57. The van der Waals surface area contributed by atoms with Crippen molar-refractivity contribution in [1.82, 2.24) is 0 Å². The van der Waals surface area contributed by atoms with E-state index >= 15 is 0 Å². The maximum Gasteiger partial charge on any atom is 0.119 e. The highest BCUT2D eigenvalue weighted by Crippen LogP contribution is 2.20. The fraction of sp³-hybridized carbons (Fsp3) is 0.318. The molecule has 2 heteroatoms. The molecule has 0 bridgehead atoms. The van der Waals surface area contributed by atoms with Crippen molar-refractivity contribution in [3.8, 4) is 11.8 Å².